The molecule has 2 aromatic rings. The van der Waals surface area contributed by atoms with Gasteiger partial charge < -0.3 is 15.4 Å². The smallest absolute Gasteiger partial charge is 0.0555 e. The van der Waals surface area contributed by atoms with Crippen molar-refractivity contribution in [3.8, 4) is 0 Å². The van der Waals surface area contributed by atoms with Crippen LogP contribution in [0.5, 0.6) is 0 Å². The lowest BCUT2D eigenvalue weighted by atomic mass is 10.1. The Morgan fingerprint density at radius 1 is 1.31 bits per heavy atom. The van der Waals surface area contributed by atoms with Crippen molar-refractivity contribution in [1.82, 2.24) is 10.3 Å². The van der Waals surface area contributed by atoms with Gasteiger partial charge in [0.1, 0.15) is 0 Å². The van der Waals surface area contributed by atoms with Crippen molar-refractivity contribution >= 4 is 10.9 Å². The number of aromatic amines is 1. The molecule has 3 heteroatoms. The zero-order valence-electron chi connectivity index (χ0n) is 9.59. The van der Waals surface area contributed by atoms with Crippen molar-refractivity contribution in [1.29, 1.82) is 0 Å². The summed E-state index contributed by atoms with van der Waals surface area (Å²) in [5.74, 6) is 0. The lowest BCUT2D eigenvalue weighted by Gasteiger charge is -2.02. The number of fused-ring (bicyclic) bond motifs is 1. The number of H-pyrrole nitrogens is 1. The van der Waals surface area contributed by atoms with Crippen molar-refractivity contribution in [3.05, 3.63) is 35.5 Å². The van der Waals surface area contributed by atoms with Gasteiger partial charge in [-0.25, -0.2) is 0 Å². The topological polar surface area (TPSA) is 48.0 Å². The van der Waals surface area contributed by atoms with Crippen LogP contribution in [-0.2, 0) is 6.42 Å². The molecule has 0 unspecified atom stereocenters. The first-order chi connectivity index (χ1) is 7.83. The van der Waals surface area contributed by atoms with E-state index in [1.807, 2.05) is 0 Å². The van der Waals surface area contributed by atoms with Crippen LogP contribution in [0.1, 0.15) is 11.1 Å². The standard InChI is InChI=1S/C13H18N2O/c1-10-3-2-4-12-11(9-15-13(10)12)5-6-14-7-8-16/h2-4,9,14-16H,5-8H2,1H3. The van der Waals surface area contributed by atoms with Crippen molar-refractivity contribution < 1.29 is 5.11 Å². The SMILES string of the molecule is Cc1cccc2c(CCNCCO)c[nH]c12. The molecule has 0 aliphatic heterocycles. The van der Waals surface area contributed by atoms with Crippen LogP contribution in [0.15, 0.2) is 24.4 Å². The molecule has 0 saturated heterocycles. The van der Waals surface area contributed by atoms with Crippen molar-refractivity contribution in [2.75, 3.05) is 19.7 Å². The Labute approximate surface area is 95.5 Å². The highest BCUT2D eigenvalue weighted by atomic mass is 16.3. The molecule has 0 saturated carbocycles. The van der Waals surface area contributed by atoms with E-state index >= 15 is 0 Å². The van der Waals surface area contributed by atoms with Gasteiger partial charge in [-0.3, -0.25) is 0 Å². The van der Waals surface area contributed by atoms with E-state index in [9.17, 15) is 0 Å². The molecule has 0 radical (unpaired) electrons. The fourth-order valence-electron chi connectivity index (χ4n) is 2.00. The predicted molar refractivity (Wildman–Crippen MR) is 66.7 cm³/mol. The molecule has 1 aromatic heterocycles. The van der Waals surface area contributed by atoms with E-state index in [2.05, 4.69) is 41.6 Å². The molecule has 3 N–H and O–H groups in total. The minimum atomic E-state index is 0.201. The molecule has 0 spiro atoms. The molecule has 2 rings (SSSR count). The van der Waals surface area contributed by atoms with Gasteiger partial charge in [0.05, 0.1) is 6.61 Å². The molecule has 0 aliphatic rings. The number of hydrogen-bond donors (Lipinski definition) is 3. The first-order valence-corrected chi connectivity index (χ1v) is 5.70. The maximum atomic E-state index is 8.66. The number of aliphatic hydroxyl groups is 1. The van der Waals surface area contributed by atoms with Gasteiger partial charge in [-0.05, 0) is 31.0 Å². The van der Waals surface area contributed by atoms with Crippen molar-refractivity contribution in [2.45, 2.75) is 13.3 Å². The molecule has 86 valence electrons. The molecule has 0 atom stereocenters. The van der Waals surface area contributed by atoms with Gasteiger partial charge in [-0.15, -0.1) is 0 Å². The minimum Gasteiger partial charge on any atom is -0.395 e. The minimum absolute atomic E-state index is 0.201. The number of para-hydroxylation sites is 1. The number of hydrogen-bond acceptors (Lipinski definition) is 2. The van der Waals surface area contributed by atoms with Crippen molar-refractivity contribution in [3.63, 3.8) is 0 Å². The Morgan fingerprint density at radius 3 is 3.00 bits per heavy atom. The zero-order chi connectivity index (χ0) is 11.4. The van der Waals surface area contributed by atoms with Crippen LogP contribution in [0.25, 0.3) is 10.9 Å². The number of aliphatic hydroxyl groups excluding tert-OH is 1. The molecular formula is C13H18N2O. The molecule has 0 aliphatic carbocycles. The number of rotatable bonds is 5. The maximum Gasteiger partial charge on any atom is 0.0555 e. The molecule has 1 heterocycles. The third-order valence-electron chi connectivity index (χ3n) is 2.87. The molecule has 16 heavy (non-hydrogen) atoms. The van der Waals surface area contributed by atoms with Crippen LogP contribution < -0.4 is 5.32 Å². The summed E-state index contributed by atoms with van der Waals surface area (Å²) in [6, 6.07) is 6.36. The first-order valence-electron chi connectivity index (χ1n) is 5.70. The van der Waals surface area contributed by atoms with Crippen LogP contribution >= 0.6 is 0 Å². The van der Waals surface area contributed by atoms with E-state index in [0.717, 1.165) is 13.0 Å². The summed E-state index contributed by atoms with van der Waals surface area (Å²) in [6.07, 6.45) is 3.07. The van der Waals surface area contributed by atoms with Gasteiger partial charge in [-0.1, -0.05) is 18.2 Å². The molecule has 3 nitrogen and oxygen atoms in total. The highest BCUT2D eigenvalue weighted by molar-refractivity contribution is 5.85. The van der Waals surface area contributed by atoms with Gasteiger partial charge in [0.2, 0.25) is 0 Å². The lowest BCUT2D eigenvalue weighted by Crippen LogP contribution is -2.20. The fourth-order valence-corrected chi connectivity index (χ4v) is 2.00. The van der Waals surface area contributed by atoms with Crippen LogP contribution in [-0.4, -0.2) is 29.8 Å². The number of nitrogens with one attached hydrogen (secondary N) is 2. The van der Waals surface area contributed by atoms with E-state index in [4.69, 9.17) is 5.11 Å². The van der Waals surface area contributed by atoms with Crippen LogP contribution in [0.2, 0.25) is 0 Å². The van der Waals surface area contributed by atoms with Gasteiger partial charge in [0.15, 0.2) is 0 Å². The Balaban J connectivity index is 2.10. The molecule has 0 bridgehead atoms. The normalized spacial score (nSPS) is 11.1. The number of aromatic nitrogens is 1. The van der Waals surface area contributed by atoms with E-state index in [1.165, 1.54) is 22.0 Å². The summed E-state index contributed by atoms with van der Waals surface area (Å²) in [5, 5.41) is 13.2. The van der Waals surface area contributed by atoms with Crippen LogP contribution in [0.3, 0.4) is 0 Å². The summed E-state index contributed by atoms with van der Waals surface area (Å²) in [4.78, 5) is 3.32. The van der Waals surface area contributed by atoms with E-state index in [0.29, 0.717) is 6.54 Å². The van der Waals surface area contributed by atoms with Crippen LogP contribution in [0, 0.1) is 6.92 Å². The first kappa shape index (κ1) is 11.2. The Kier molecular flexibility index (Phi) is 3.59. The molecule has 1 aromatic carbocycles. The second-order valence-electron chi connectivity index (χ2n) is 4.03. The van der Waals surface area contributed by atoms with Gasteiger partial charge in [0, 0.05) is 23.6 Å². The molecule has 0 amide bonds. The zero-order valence-corrected chi connectivity index (χ0v) is 9.59. The van der Waals surface area contributed by atoms with Gasteiger partial charge in [-0.2, -0.15) is 0 Å². The van der Waals surface area contributed by atoms with E-state index in [-0.39, 0.29) is 6.61 Å². The Hall–Kier alpha value is -1.32. The third kappa shape index (κ3) is 2.26. The largest absolute Gasteiger partial charge is 0.395 e. The number of aryl methyl sites for hydroxylation is 1. The van der Waals surface area contributed by atoms with Crippen molar-refractivity contribution in [2.24, 2.45) is 0 Å². The Bertz CT molecular complexity index is 462. The fraction of sp³-hybridized carbons (Fsp3) is 0.385. The summed E-state index contributed by atoms with van der Waals surface area (Å²) < 4.78 is 0. The average Bonchev–Trinajstić information content (AvgIpc) is 2.70. The third-order valence-corrected chi connectivity index (χ3v) is 2.87. The average molecular weight is 218 g/mol. The second kappa shape index (κ2) is 5.14. The van der Waals surface area contributed by atoms with E-state index < -0.39 is 0 Å². The summed E-state index contributed by atoms with van der Waals surface area (Å²) in [5.41, 5.74) is 3.86. The highest BCUT2D eigenvalue weighted by Gasteiger charge is 2.04. The predicted octanol–water partition coefficient (Wildman–Crippen LogP) is 1.60. The molecular weight excluding hydrogens is 200 g/mol. The highest BCUT2D eigenvalue weighted by Crippen LogP contribution is 2.21. The summed E-state index contributed by atoms with van der Waals surface area (Å²) in [6.45, 7) is 3.89. The monoisotopic (exact) mass is 218 g/mol. The number of benzene rings is 1. The summed E-state index contributed by atoms with van der Waals surface area (Å²) >= 11 is 0. The molecule has 0 fully saturated rings. The van der Waals surface area contributed by atoms with Crippen LogP contribution in [0.4, 0.5) is 0 Å². The second-order valence-corrected chi connectivity index (χ2v) is 4.03. The maximum absolute atomic E-state index is 8.66. The van der Waals surface area contributed by atoms with E-state index in [1.54, 1.807) is 0 Å². The summed E-state index contributed by atoms with van der Waals surface area (Å²) in [7, 11) is 0. The Morgan fingerprint density at radius 2 is 2.19 bits per heavy atom. The lowest BCUT2D eigenvalue weighted by molar-refractivity contribution is 0.293. The quantitative estimate of drug-likeness (QED) is 0.668. The van der Waals surface area contributed by atoms with Gasteiger partial charge in [0.25, 0.3) is 0 Å². The van der Waals surface area contributed by atoms with Gasteiger partial charge >= 0.3 is 0 Å².